The Hall–Kier alpha value is -1.29. The highest BCUT2D eigenvalue weighted by molar-refractivity contribution is 6.00. The van der Waals surface area contributed by atoms with Crippen molar-refractivity contribution >= 4 is 5.78 Å². The Morgan fingerprint density at radius 1 is 1.30 bits per heavy atom. The Labute approximate surface area is 118 Å². The first-order valence-corrected chi connectivity index (χ1v) is 7.25. The number of carbonyl (C=O) groups excluding carboxylic acids is 1. The fraction of sp³-hybridized carbons (Fsp3) is 0.562. The van der Waals surface area contributed by atoms with E-state index in [0.717, 1.165) is 38.2 Å². The van der Waals surface area contributed by atoms with Crippen molar-refractivity contribution in [3.05, 3.63) is 35.4 Å². The van der Waals surface area contributed by atoms with Crippen molar-refractivity contribution in [2.45, 2.75) is 45.1 Å². The Balaban J connectivity index is 2.23. The van der Waals surface area contributed by atoms with Gasteiger partial charge in [-0.25, -0.2) is 8.78 Å². The van der Waals surface area contributed by atoms with Gasteiger partial charge in [0, 0.05) is 6.61 Å². The predicted molar refractivity (Wildman–Crippen MR) is 72.7 cm³/mol. The van der Waals surface area contributed by atoms with Crippen molar-refractivity contribution in [1.29, 1.82) is 0 Å². The van der Waals surface area contributed by atoms with Crippen molar-refractivity contribution in [2.24, 2.45) is 5.92 Å². The molecule has 1 aromatic rings. The number of carbonyl (C=O) groups is 1. The van der Waals surface area contributed by atoms with Crippen LogP contribution in [0.25, 0.3) is 0 Å². The van der Waals surface area contributed by atoms with Crippen LogP contribution in [-0.2, 0) is 4.74 Å². The van der Waals surface area contributed by atoms with E-state index in [4.69, 9.17) is 4.74 Å². The van der Waals surface area contributed by atoms with Gasteiger partial charge in [0.1, 0.15) is 6.10 Å². The van der Waals surface area contributed by atoms with Gasteiger partial charge in [0.2, 0.25) is 0 Å². The quantitative estimate of drug-likeness (QED) is 0.759. The van der Waals surface area contributed by atoms with Gasteiger partial charge in [0.15, 0.2) is 17.4 Å². The minimum atomic E-state index is -1.07. The molecule has 1 atom stereocenters. The number of ether oxygens (including phenoxy) is 1. The molecule has 1 aliphatic rings. The lowest BCUT2D eigenvalue weighted by Crippen LogP contribution is -2.34. The average Bonchev–Trinajstić information content (AvgIpc) is 2.48. The highest BCUT2D eigenvalue weighted by atomic mass is 19.2. The molecule has 1 aliphatic carbocycles. The molecular weight excluding hydrogens is 262 g/mol. The van der Waals surface area contributed by atoms with E-state index in [1.54, 1.807) is 0 Å². The predicted octanol–water partition coefficient (Wildman–Crippen LogP) is 4.13. The molecule has 0 N–H and O–H groups in total. The van der Waals surface area contributed by atoms with E-state index < -0.39 is 23.5 Å². The van der Waals surface area contributed by atoms with E-state index in [-0.39, 0.29) is 11.5 Å². The number of halogens is 2. The first-order chi connectivity index (χ1) is 9.65. The molecule has 0 spiro atoms. The molecule has 0 aromatic heterocycles. The topological polar surface area (TPSA) is 26.3 Å². The molecule has 0 radical (unpaired) electrons. The summed E-state index contributed by atoms with van der Waals surface area (Å²) in [5.41, 5.74) is -0.200. The maximum Gasteiger partial charge on any atom is 0.194 e. The first kappa shape index (κ1) is 15.1. The maximum atomic E-state index is 13.8. The van der Waals surface area contributed by atoms with Crippen LogP contribution in [0.2, 0.25) is 0 Å². The molecule has 0 heterocycles. The Kier molecular flexibility index (Phi) is 5.24. The Morgan fingerprint density at radius 2 is 2.00 bits per heavy atom. The summed E-state index contributed by atoms with van der Waals surface area (Å²) in [6.07, 6.45) is 4.45. The summed E-state index contributed by atoms with van der Waals surface area (Å²) in [7, 11) is 0. The molecule has 1 unspecified atom stereocenters. The molecule has 1 fully saturated rings. The number of rotatable bonds is 5. The van der Waals surface area contributed by atoms with Gasteiger partial charge in [-0.3, -0.25) is 4.79 Å². The van der Waals surface area contributed by atoms with E-state index >= 15 is 0 Å². The van der Waals surface area contributed by atoms with E-state index in [1.165, 1.54) is 12.1 Å². The summed E-state index contributed by atoms with van der Waals surface area (Å²) in [6.45, 7) is 2.20. The lowest BCUT2D eigenvalue weighted by molar-refractivity contribution is 0.0123. The third-order valence-electron chi connectivity index (χ3n) is 3.90. The summed E-state index contributed by atoms with van der Waals surface area (Å²) in [4.78, 5) is 12.5. The maximum absolute atomic E-state index is 13.8. The zero-order chi connectivity index (χ0) is 14.5. The second-order valence-corrected chi connectivity index (χ2v) is 5.24. The van der Waals surface area contributed by atoms with Crippen LogP contribution in [-0.4, -0.2) is 18.5 Å². The first-order valence-electron chi connectivity index (χ1n) is 7.25. The van der Waals surface area contributed by atoms with Crippen LogP contribution in [0.15, 0.2) is 18.2 Å². The molecule has 0 amide bonds. The van der Waals surface area contributed by atoms with E-state index in [1.807, 2.05) is 6.92 Å². The second-order valence-electron chi connectivity index (χ2n) is 5.24. The van der Waals surface area contributed by atoms with Gasteiger partial charge in [0.05, 0.1) is 5.56 Å². The van der Waals surface area contributed by atoms with Crippen molar-refractivity contribution in [3.8, 4) is 0 Å². The molecule has 110 valence electrons. The number of benzene rings is 1. The summed E-state index contributed by atoms with van der Waals surface area (Å²) >= 11 is 0. The molecule has 0 aliphatic heterocycles. The van der Waals surface area contributed by atoms with Gasteiger partial charge < -0.3 is 4.74 Å². The monoisotopic (exact) mass is 282 g/mol. The van der Waals surface area contributed by atoms with Crippen LogP contribution in [0.3, 0.4) is 0 Å². The van der Waals surface area contributed by atoms with E-state index in [0.29, 0.717) is 6.61 Å². The molecular formula is C16H20F2O2. The van der Waals surface area contributed by atoms with Gasteiger partial charge >= 0.3 is 0 Å². The Bertz CT molecular complexity index is 468. The van der Waals surface area contributed by atoms with Gasteiger partial charge in [-0.2, -0.15) is 0 Å². The largest absolute Gasteiger partial charge is 0.370 e. The van der Waals surface area contributed by atoms with Crippen molar-refractivity contribution in [2.75, 3.05) is 6.61 Å². The summed E-state index contributed by atoms with van der Waals surface area (Å²) in [5.74, 6) is -2.39. The normalized spacial score (nSPS) is 17.9. The zero-order valence-corrected chi connectivity index (χ0v) is 11.7. The summed E-state index contributed by atoms with van der Waals surface area (Å²) in [5, 5.41) is 0. The van der Waals surface area contributed by atoms with Crippen LogP contribution in [0.5, 0.6) is 0 Å². The van der Waals surface area contributed by atoms with E-state index in [9.17, 15) is 13.6 Å². The third-order valence-corrected chi connectivity index (χ3v) is 3.90. The minimum absolute atomic E-state index is 0.110. The zero-order valence-electron chi connectivity index (χ0n) is 11.7. The van der Waals surface area contributed by atoms with Gasteiger partial charge in [-0.05, 0) is 37.8 Å². The molecule has 2 rings (SSSR count). The highest BCUT2D eigenvalue weighted by Crippen LogP contribution is 2.30. The number of Topliss-reactive ketones (excluding diaryl/α,β-unsaturated/α-hetero) is 1. The molecule has 20 heavy (non-hydrogen) atoms. The van der Waals surface area contributed by atoms with Crippen LogP contribution < -0.4 is 0 Å². The van der Waals surface area contributed by atoms with Gasteiger partial charge in [0.25, 0.3) is 0 Å². The minimum Gasteiger partial charge on any atom is -0.370 e. The number of hydrogen-bond acceptors (Lipinski definition) is 2. The molecule has 0 bridgehead atoms. The molecule has 2 nitrogen and oxygen atoms in total. The lowest BCUT2D eigenvalue weighted by Gasteiger charge is -2.29. The standard InChI is InChI=1S/C16H20F2O2/c1-2-20-16(11-7-4-3-5-8-11)15(19)12-9-6-10-13(17)14(12)18/h6,9-11,16H,2-5,7-8H2,1H3. The third kappa shape index (κ3) is 3.23. The van der Waals surface area contributed by atoms with Crippen LogP contribution in [0, 0.1) is 17.6 Å². The summed E-state index contributed by atoms with van der Waals surface area (Å²) < 4.78 is 32.6. The number of ketones is 1. The number of hydrogen-bond donors (Lipinski definition) is 0. The smallest absolute Gasteiger partial charge is 0.194 e. The van der Waals surface area contributed by atoms with Crippen LogP contribution in [0.1, 0.15) is 49.4 Å². The second kappa shape index (κ2) is 6.93. The highest BCUT2D eigenvalue weighted by Gasteiger charge is 2.32. The average molecular weight is 282 g/mol. The van der Waals surface area contributed by atoms with Gasteiger partial charge in [-0.15, -0.1) is 0 Å². The summed E-state index contributed by atoms with van der Waals surface area (Å²) in [6, 6.07) is 3.70. The fourth-order valence-corrected chi connectivity index (χ4v) is 2.89. The van der Waals surface area contributed by atoms with Crippen molar-refractivity contribution in [3.63, 3.8) is 0 Å². The van der Waals surface area contributed by atoms with Crippen LogP contribution in [0.4, 0.5) is 8.78 Å². The molecule has 1 saturated carbocycles. The van der Waals surface area contributed by atoms with E-state index in [2.05, 4.69) is 0 Å². The Morgan fingerprint density at radius 3 is 2.65 bits per heavy atom. The molecule has 4 heteroatoms. The van der Waals surface area contributed by atoms with Crippen LogP contribution >= 0.6 is 0 Å². The molecule has 0 saturated heterocycles. The van der Waals surface area contributed by atoms with Crippen molar-refractivity contribution < 1.29 is 18.3 Å². The lowest BCUT2D eigenvalue weighted by atomic mass is 9.82. The van der Waals surface area contributed by atoms with Crippen molar-refractivity contribution in [1.82, 2.24) is 0 Å². The van der Waals surface area contributed by atoms with Gasteiger partial charge in [-0.1, -0.05) is 25.3 Å². The molecule has 1 aromatic carbocycles. The SMILES string of the molecule is CCOC(C(=O)c1cccc(F)c1F)C1CCCCC1. The fourth-order valence-electron chi connectivity index (χ4n) is 2.89.